The van der Waals surface area contributed by atoms with Crippen molar-refractivity contribution in [2.75, 3.05) is 0 Å². The summed E-state index contributed by atoms with van der Waals surface area (Å²) in [6.07, 6.45) is 4.11. The van der Waals surface area contributed by atoms with E-state index in [9.17, 15) is 4.79 Å². The second-order valence-corrected chi connectivity index (χ2v) is 6.58. The fraction of sp³-hybridized carbons (Fsp3) is 0.333. The molecule has 0 spiro atoms. The first-order valence-electron chi connectivity index (χ1n) is 7.45. The van der Waals surface area contributed by atoms with E-state index < -0.39 is 0 Å². The van der Waals surface area contributed by atoms with Gasteiger partial charge in [0.05, 0.1) is 0 Å². The number of carbonyl (C=O) groups excluding carboxylic acids is 1. The molecule has 0 saturated carbocycles. The highest BCUT2D eigenvalue weighted by Crippen LogP contribution is 2.19. The predicted octanol–water partition coefficient (Wildman–Crippen LogP) is 3.31. The highest BCUT2D eigenvalue weighted by molar-refractivity contribution is 5.76. The van der Waals surface area contributed by atoms with Gasteiger partial charge >= 0.3 is 0 Å². The number of hydrogen-bond acceptors (Lipinski definition) is 3. The van der Waals surface area contributed by atoms with E-state index in [1.165, 1.54) is 0 Å². The van der Waals surface area contributed by atoms with Crippen LogP contribution in [0.5, 0.6) is 0 Å². The Bertz CT molecular complexity index is 600. The quantitative estimate of drug-likeness (QED) is 0.833. The van der Waals surface area contributed by atoms with Crippen molar-refractivity contribution in [3.63, 3.8) is 0 Å². The van der Waals surface area contributed by atoms with Gasteiger partial charge in [-0.2, -0.15) is 0 Å². The number of nitrogens with zero attached hydrogens (tertiary/aromatic N) is 1. The number of nitrogens with one attached hydrogen (secondary N) is 2. The van der Waals surface area contributed by atoms with Crippen molar-refractivity contribution in [2.24, 2.45) is 5.41 Å². The lowest BCUT2D eigenvalue weighted by atomic mass is 9.92. The van der Waals surface area contributed by atoms with E-state index in [0.29, 0.717) is 13.0 Å². The summed E-state index contributed by atoms with van der Waals surface area (Å²) in [5.41, 5.74) is 9.05. The number of hydrazine groups is 1. The molecule has 4 nitrogen and oxygen atoms in total. The molecule has 116 valence electrons. The summed E-state index contributed by atoms with van der Waals surface area (Å²) in [5.74, 6) is 0.0134. The fourth-order valence-corrected chi connectivity index (χ4v) is 2.12. The van der Waals surface area contributed by atoms with Crippen molar-refractivity contribution in [3.8, 4) is 11.1 Å². The predicted molar refractivity (Wildman–Crippen MR) is 88.7 cm³/mol. The second-order valence-electron chi connectivity index (χ2n) is 6.58. The molecule has 22 heavy (non-hydrogen) atoms. The van der Waals surface area contributed by atoms with E-state index in [1.807, 2.05) is 51.2 Å². The average Bonchev–Trinajstić information content (AvgIpc) is 2.47. The van der Waals surface area contributed by atoms with Crippen LogP contribution in [0.2, 0.25) is 0 Å². The molecule has 2 aromatic rings. The van der Waals surface area contributed by atoms with Gasteiger partial charge in [-0.3, -0.25) is 15.2 Å². The lowest BCUT2D eigenvalue weighted by molar-refractivity contribution is -0.123. The SMILES string of the molecule is CC(C)(C)CC(=O)NNCc1ccc(-c2cccnc2)cc1. The van der Waals surface area contributed by atoms with Gasteiger partial charge in [-0.05, 0) is 28.2 Å². The molecule has 0 aliphatic carbocycles. The van der Waals surface area contributed by atoms with E-state index >= 15 is 0 Å². The van der Waals surface area contributed by atoms with Gasteiger partial charge in [-0.25, -0.2) is 5.43 Å². The Hall–Kier alpha value is -2.20. The highest BCUT2D eigenvalue weighted by atomic mass is 16.2. The van der Waals surface area contributed by atoms with E-state index in [0.717, 1.165) is 16.7 Å². The molecule has 1 heterocycles. The molecule has 0 radical (unpaired) electrons. The third-order valence-electron chi connectivity index (χ3n) is 3.16. The monoisotopic (exact) mass is 297 g/mol. The Labute approximate surface area is 131 Å². The van der Waals surface area contributed by atoms with Crippen LogP contribution in [0.25, 0.3) is 11.1 Å². The van der Waals surface area contributed by atoms with Crippen LogP contribution < -0.4 is 10.9 Å². The molecular weight excluding hydrogens is 274 g/mol. The molecule has 2 N–H and O–H groups in total. The van der Waals surface area contributed by atoms with Crippen molar-refractivity contribution < 1.29 is 4.79 Å². The third kappa shape index (κ3) is 5.30. The van der Waals surface area contributed by atoms with Crippen LogP contribution >= 0.6 is 0 Å². The number of hydrogen-bond donors (Lipinski definition) is 2. The van der Waals surface area contributed by atoms with Gasteiger partial charge < -0.3 is 0 Å². The van der Waals surface area contributed by atoms with Crippen molar-refractivity contribution in [1.29, 1.82) is 0 Å². The molecule has 0 saturated heterocycles. The van der Waals surface area contributed by atoms with Crippen LogP contribution in [0.15, 0.2) is 48.8 Å². The largest absolute Gasteiger partial charge is 0.291 e. The Morgan fingerprint density at radius 3 is 2.41 bits per heavy atom. The third-order valence-corrected chi connectivity index (χ3v) is 3.16. The standard InChI is InChI=1S/C18H23N3O/c1-18(2,3)11-17(22)21-20-12-14-6-8-15(9-7-14)16-5-4-10-19-13-16/h4-10,13,20H,11-12H2,1-3H3,(H,21,22). The van der Waals surface area contributed by atoms with Crippen LogP contribution in [0.3, 0.4) is 0 Å². The van der Waals surface area contributed by atoms with Crippen molar-refractivity contribution in [3.05, 3.63) is 54.4 Å². The average molecular weight is 297 g/mol. The fourth-order valence-electron chi connectivity index (χ4n) is 2.12. The van der Waals surface area contributed by atoms with Gasteiger partial charge in [0.2, 0.25) is 5.91 Å². The van der Waals surface area contributed by atoms with E-state index in [1.54, 1.807) is 6.20 Å². The maximum atomic E-state index is 11.7. The molecule has 1 aromatic carbocycles. The van der Waals surface area contributed by atoms with Gasteiger partial charge in [0.15, 0.2) is 0 Å². The molecule has 0 unspecified atom stereocenters. The maximum absolute atomic E-state index is 11.7. The first-order chi connectivity index (χ1) is 10.4. The summed E-state index contributed by atoms with van der Waals surface area (Å²) >= 11 is 0. The Morgan fingerprint density at radius 2 is 1.82 bits per heavy atom. The zero-order valence-electron chi connectivity index (χ0n) is 13.4. The Kier molecular flexibility index (Phi) is 5.28. The molecular formula is C18H23N3O. The normalized spacial score (nSPS) is 11.2. The summed E-state index contributed by atoms with van der Waals surface area (Å²) in [4.78, 5) is 15.8. The molecule has 1 amide bonds. The molecule has 0 fully saturated rings. The first kappa shape index (κ1) is 16.2. The molecule has 2 rings (SSSR count). The van der Waals surface area contributed by atoms with Gasteiger partial charge in [0.25, 0.3) is 0 Å². The van der Waals surface area contributed by atoms with Gasteiger partial charge in [0.1, 0.15) is 0 Å². The summed E-state index contributed by atoms with van der Waals surface area (Å²) in [6, 6.07) is 12.2. The molecule has 4 heteroatoms. The topological polar surface area (TPSA) is 54.0 Å². The van der Waals surface area contributed by atoms with E-state index in [2.05, 4.69) is 28.0 Å². The molecule has 0 aliphatic rings. The number of pyridine rings is 1. The Morgan fingerprint density at radius 1 is 1.09 bits per heavy atom. The zero-order valence-corrected chi connectivity index (χ0v) is 13.4. The van der Waals surface area contributed by atoms with Crippen LogP contribution in [-0.4, -0.2) is 10.9 Å². The summed E-state index contributed by atoms with van der Waals surface area (Å²) < 4.78 is 0. The van der Waals surface area contributed by atoms with Crippen LogP contribution in [0, 0.1) is 5.41 Å². The lowest BCUT2D eigenvalue weighted by Crippen LogP contribution is -2.38. The van der Waals surface area contributed by atoms with Crippen molar-refractivity contribution in [1.82, 2.24) is 15.8 Å². The lowest BCUT2D eigenvalue weighted by Gasteiger charge is -2.17. The molecule has 0 atom stereocenters. The number of aromatic nitrogens is 1. The van der Waals surface area contributed by atoms with Crippen molar-refractivity contribution in [2.45, 2.75) is 33.7 Å². The minimum atomic E-state index is -0.00285. The van der Waals surface area contributed by atoms with E-state index in [-0.39, 0.29) is 11.3 Å². The number of amides is 1. The molecule has 0 aliphatic heterocycles. The minimum absolute atomic E-state index is 0.00285. The number of benzene rings is 1. The second kappa shape index (κ2) is 7.18. The first-order valence-corrected chi connectivity index (χ1v) is 7.45. The molecule has 1 aromatic heterocycles. The summed E-state index contributed by atoms with van der Waals surface area (Å²) in [5, 5.41) is 0. The Balaban J connectivity index is 1.84. The van der Waals surface area contributed by atoms with Crippen LogP contribution in [0.1, 0.15) is 32.8 Å². The van der Waals surface area contributed by atoms with Gasteiger partial charge in [-0.1, -0.05) is 51.1 Å². The van der Waals surface area contributed by atoms with Gasteiger partial charge in [-0.15, -0.1) is 0 Å². The van der Waals surface area contributed by atoms with E-state index in [4.69, 9.17) is 0 Å². The molecule has 0 bridgehead atoms. The zero-order chi connectivity index (χ0) is 16.0. The highest BCUT2D eigenvalue weighted by Gasteiger charge is 2.15. The van der Waals surface area contributed by atoms with Crippen LogP contribution in [-0.2, 0) is 11.3 Å². The summed E-state index contributed by atoms with van der Waals surface area (Å²) in [7, 11) is 0. The van der Waals surface area contributed by atoms with Crippen LogP contribution in [0.4, 0.5) is 0 Å². The van der Waals surface area contributed by atoms with Crippen molar-refractivity contribution >= 4 is 5.91 Å². The minimum Gasteiger partial charge on any atom is -0.291 e. The smallest absolute Gasteiger partial charge is 0.234 e. The number of rotatable bonds is 5. The maximum Gasteiger partial charge on any atom is 0.234 e. The number of carbonyl (C=O) groups is 1. The summed E-state index contributed by atoms with van der Waals surface area (Å²) in [6.45, 7) is 6.74. The van der Waals surface area contributed by atoms with Gasteiger partial charge in [0, 0.05) is 25.4 Å².